The summed E-state index contributed by atoms with van der Waals surface area (Å²) in [6.45, 7) is 0.291. The van der Waals surface area contributed by atoms with Gasteiger partial charge in [0.15, 0.2) is 0 Å². The van der Waals surface area contributed by atoms with E-state index in [-0.39, 0.29) is 19.6 Å². The minimum atomic E-state index is -1.01. The van der Waals surface area contributed by atoms with Gasteiger partial charge in [-0.25, -0.2) is 0 Å². The van der Waals surface area contributed by atoms with E-state index in [0.717, 1.165) is 0 Å². The van der Waals surface area contributed by atoms with Crippen LogP contribution in [0.25, 0.3) is 0 Å². The maximum Gasteiger partial charge on any atom is 0.117 e. The Kier molecular flexibility index (Phi) is 7.00. The Balaban J connectivity index is 3.34. The molecule has 0 spiro atoms. The number of aliphatic hydroxyl groups is 3. The van der Waals surface area contributed by atoms with Crippen LogP contribution >= 0.6 is 0 Å². The molecule has 0 saturated carbocycles. The largest absolute Gasteiger partial charge is 0.377 e. The third-order valence-corrected chi connectivity index (χ3v) is 1.33. The van der Waals surface area contributed by atoms with Crippen LogP contribution in [0.1, 0.15) is 0 Å². The molecule has 0 radical (unpaired) electrons. The molecule has 0 heterocycles. The van der Waals surface area contributed by atoms with Crippen molar-refractivity contribution in [2.24, 2.45) is 11.5 Å². The highest BCUT2D eigenvalue weighted by molar-refractivity contribution is 4.61. The normalized spacial score (nSPS) is 18.2. The molecule has 0 aromatic rings. The van der Waals surface area contributed by atoms with Crippen LogP contribution in [0.5, 0.6) is 0 Å². The lowest BCUT2D eigenvalue weighted by molar-refractivity contribution is 0.0772. The summed E-state index contributed by atoms with van der Waals surface area (Å²) in [5, 5.41) is 31.8. The van der Waals surface area contributed by atoms with Crippen molar-refractivity contribution >= 4 is 0 Å². The van der Waals surface area contributed by atoms with Gasteiger partial charge in [-0.05, 0) is 0 Å². The Hall–Kier alpha value is -0.280. The first-order valence-electron chi connectivity index (χ1n) is 4.03. The van der Waals surface area contributed by atoms with Gasteiger partial charge in [0.1, 0.15) is 18.7 Å². The van der Waals surface area contributed by atoms with Crippen LogP contribution in [0.2, 0.25) is 0 Å². The van der Waals surface area contributed by atoms with E-state index >= 15 is 0 Å². The summed E-state index contributed by atoms with van der Waals surface area (Å²) in [6, 6.07) is 0. The predicted molar refractivity (Wildman–Crippen MR) is 47.3 cm³/mol. The van der Waals surface area contributed by atoms with Gasteiger partial charge in [-0.15, -0.1) is 0 Å². The van der Waals surface area contributed by atoms with Gasteiger partial charge >= 0.3 is 0 Å². The molecule has 7 heteroatoms. The van der Waals surface area contributed by atoms with E-state index < -0.39 is 18.7 Å². The van der Waals surface area contributed by atoms with Crippen LogP contribution in [0, 0.1) is 0 Å². The Bertz CT molecular complexity index is 124. The van der Waals surface area contributed by atoms with Gasteiger partial charge in [0, 0.05) is 19.6 Å². The highest BCUT2D eigenvalue weighted by Gasteiger charge is 2.06. The predicted octanol–water partition coefficient (Wildman–Crippen LogP) is -3.96. The highest BCUT2D eigenvalue weighted by atomic mass is 16.3. The van der Waals surface area contributed by atoms with Crippen molar-refractivity contribution in [2.75, 3.05) is 19.6 Å². The van der Waals surface area contributed by atoms with E-state index in [1.807, 2.05) is 0 Å². The molecule has 0 saturated heterocycles. The zero-order valence-corrected chi connectivity index (χ0v) is 7.35. The quantitative estimate of drug-likeness (QED) is 0.205. The van der Waals surface area contributed by atoms with E-state index in [0.29, 0.717) is 0 Å². The molecule has 0 fully saturated rings. The zero-order chi connectivity index (χ0) is 10.3. The number of nitrogens with two attached hydrogens (primary N) is 2. The molecule has 0 rings (SSSR count). The van der Waals surface area contributed by atoms with Crippen LogP contribution in [0.3, 0.4) is 0 Å². The Labute approximate surface area is 76.7 Å². The second kappa shape index (κ2) is 7.15. The average molecular weight is 194 g/mol. The summed E-state index contributed by atoms with van der Waals surface area (Å²) in [5.41, 5.74) is 10.1. The van der Waals surface area contributed by atoms with Crippen molar-refractivity contribution in [1.29, 1.82) is 0 Å². The molecule has 80 valence electrons. The molecule has 3 unspecified atom stereocenters. The van der Waals surface area contributed by atoms with Gasteiger partial charge in [0.05, 0.1) is 0 Å². The first kappa shape index (κ1) is 12.7. The van der Waals surface area contributed by atoms with Gasteiger partial charge in [0.25, 0.3) is 0 Å². The lowest BCUT2D eigenvalue weighted by atomic mass is 10.4. The molecule has 0 aliphatic heterocycles. The number of aliphatic hydroxyl groups excluding tert-OH is 3. The monoisotopic (exact) mass is 194 g/mol. The molecule has 13 heavy (non-hydrogen) atoms. The van der Waals surface area contributed by atoms with Crippen molar-refractivity contribution in [3.8, 4) is 0 Å². The maximum absolute atomic E-state index is 9.15. The first-order chi connectivity index (χ1) is 6.06. The molecule has 0 amide bonds. The van der Waals surface area contributed by atoms with Crippen LogP contribution in [-0.4, -0.2) is 53.6 Å². The van der Waals surface area contributed by atoms with Crippen molar-refractivity contribution in [3.63, 3.8) is 0 Å². The molecule has 0 aromatic heterocycles. The third-order valence-electron chi connectivity index (χ3n) is 1.33. The van der Waals surface area contributed by atoms with E-state index in [1.54, 1.807) is 0 Å². The molecular weight excluding hydrogens is 176 g/mol. The molecule has 0 aliphatic rings. The van der Waals surface area contributed by atoms with Gasteiger partial charge in [-0.1, -0.05) is 0 Å². The molecule has 7 nitrogen and oxygen atoms in total. The van der Waals surface area contributed by atoms with Crippen LogP contribution in [-0.2, 0) is 0 Å². The summed E-state index contributed by atoms with van der Waals surface area (Å²) < 4.78 is 0. The summed E-state index contributed by atoms with van der Waals surface area (Å²) in [6.07, 6.45) is -2.72. The molecule has 0 aromatic carbocycles. The highest BCUT2D eigenvalue weighted by Crippen LogP contribution is 1.77. The fraction of sp³-hybridized carbons (Fsp3) is 1.00. The minimum absolute atomic E-state index is 0.0756. The third kappa shape index (κ3) is 8.06. The van der Waals surface area contributed by atoms with Crippen molar-refractivity contribution in [1.82, 2.24) is 10.6 Å². The fourth-order valence-corrected chi connectivity index (χ4v) is 0.660. The topological polar surface area (TPSA) is 137 Å². The van der Waals surface area contributed by atoms with Crippen LogP contribution < -0.4 is 22.1 Å². The zero-order valence-electron chi connectivity index (χ0n) is 7.35. The maximum atomic E-state index is 9.15. The Morgan fingerprint density at radius 2 is 1.54 bits per heavy atom. The fourth-order valence-electron chi connectivity index (χ4n) is 0.660. The summed E-state index contributed by atoms with van der Waals surface area (Å²) >= 11 is 0. The average Bonchev–Trinajstić information content (AvgIpc) is 2.10. The lowest BCUT2D eigenvalue weighted by Gasteiger charge is -2.16. The van der Waals surface area contributed by atoms with Crippen molar-refractivity contribution < 1.29 is 15.3 Å². The standard InChI is InChI=1S/C6H18N4O3/c7-1-5(12)10-3-6(13)9-2-4(8)11/h4-6,9-13H,1-3,7-8H2. The van der Waals surface area contributed by atoms with Gasteiger partial charge in [-0.2, -0.15) is 0 Å². The molecule has 0 bridgehead atoms. The van der Waals surface area contributed by atoms with E-state index in [2.05, 4.69) is 10.6 Å². The number of rotatable bonds is 7. The van der Waals surface area contributed by atoms with E-state index in [9.17, 15) is 0 Å². The first-order valence-corrected chi connectivity index (χ1v) is 4.03. The SMILES string of the molecule is NCC(O)NCC(O)NCC(N)O. The molecular formula is C6H18N4O3. The number of hydrogen-bond donors (Lipinski definition) is 7. The van der Waals surface area contributed by atoms with Gasteiger partial charge < -0.3 is 26.8 Å². The summed E-state index contributed by atoms with van der Waals surface area (Å²) in [4.78, 5) is 0. The Morgan fingerprint density at radius 1 is 1.00 bits per heavy atom. The van der Waals surface area contributed by atoms with E-state index in [4.69, 9.17) is 26.8 Å². The van der Waals surface area contributed by atoms with Crippen LogP contribution in [0.4, 0.5) is 0 Å². The van der Waals surface area contributed by atoms with Crippen molar-refractivity contribution in [3.05, 3.63) is 0 Å². The number of nitrogens with one attached hydrogen (secondary N) is 2. The number of hydrogen-bond acceptors (Lipinski definition) is 7. The summed E-state index contributed by atoms with van der Waals surface area (Å²) in [5.74, 6) is 0. The van der Waals surface area contributed by atoms with Crippen LogP contribution in [0.15, 0.2) is 0 Å². The molecule has 9 N–H and O–H groups in total. The molecule has 3 atom stereocenters. The second-order valence-electron chi connectivity index (χ2n) is 2.65. The summed E-state index contributed by atoms with van der Waals surface area (Å²) in [7, 11) is 0. The van der Waals surface area contributed by atoms with Crippen molar-refractivity contribution in [2.45, 2.75) is 18.7 Å². The minimum Gasteiger partial charge on any atom is -0.377 e. The van der Waals surface area contributed by atoms with E-state index in [1.165, 1.54) is 0 Å². The lowest BCUT2D eigenvalue weighted by Crippen LogP contribution is -2.47. The van der Waals surface area contributed by atoms with Gasteiger partial charge in [0.2, 0.25) is 0 Å². The van der Waals surface area contributed by atoms with Gasteiger partial charge in [-0.3, -0.25) is 10.6 Å². The Morgan fingerprint density at radius 3 is 2.00 bits per heavy atom. The smallest absolute Gasteiger partial charge is 0.117 e. The second-order valence-corrected chi connectivity index (χ2v) is 2.65. The molecule has 0 aliphatic carbocycles.